The van der Waals surface area contributed by atoms with Crippen LogP contribution < -0.4 is 10.6 Å². The molecule has 4 nitrogen and oxygen atoms in total. The second-order valence-electron chi connectivity index (χ2n) is 4.30. The van der Waals surface area contributed by atoms with Crippen molar-refractivity contribution in [3.8, 4) is 0 Å². The molecule has 0 bridgehead atoms. The Bertz CT molecular complexity index is 571. The summed E-state index contributed by atoms with van der Waals surface area (Å²) in [6, 6.07) is 14.0. The second kappa shape index (κ2) is 7.17. The summed E-state index contributed by atoms with van der Waals surface area (Å²) in [6.07, 6.45) is 0.504. The molecule has 0 aliphatic carbocycles. The van der Waals surface area contributed by atoms with Crippen LogP contribution in [0.2, 0.25) is 4.34 Å². The predicted molar refractivity (Wildman–Crippen MR) is 84.8 cm³/mol. The van der Waals surface area contributed by atoms with Crippen molar-refractivity contribution in [2.75, 3.05) is 11.4 Å². The van der Waals surface area contributed by atoms with E-state index in [0.717, 1.165) is 16.6 Å². The van der Waals surface area contributed by atoms with Gasteiger partial charge in [-0.15, -0.1) is 11.3 Å². The Balaban J connectivity index is 2.11. The zero-order chi connectivity index (χ0) is 14.4. The third-order valence-corrected chi connectivity index (χ3v) is 4.08. The van der Waals surface area contributed by atoms with Gasteiger partial charge < -0.3 is 15.8 Å². The highest BCUT2D eigenvalue weighted by atomic mass is 35.5. The highest BCUT2D eigenvalue weighted by Gasteiger charge is 2.09. The molecule has 0 atom stereocenters. The first-order valence-electron chi connectivity index (χ1n) is 6.19. The van der Waals surface area contributed by atoms with Gasteiger partial charge in [0.25, 0.3) is 0 Å². The van der Waals surface area contributed by atoms with Crippen molar-refractivity contribution >= 4 is 34.5 Å². The number of nitrogens with zero attached hydrogens (tertiary/aromatic N) is 2. The molecule has 20 heavy (non-hydrogen) atoms. The molecule has 0 saturated carbocycles. The Morgan fingerprint density at radius 3 is 2.60 bits per heavy atom. The zero-order valence-corrected chi connectivity index (χ0v) is 12.4. The summed E-state index contributed by atoms with van der Waals surface area (Å²) < 4.78 is 0.782. The van der Waals surface area contributed by atoms with Crippen LogP contribution in [0.15, 0.2) is 47.6 Å². The summed E-state index contributed by atoms with van der Waals surface area (Å²) in [7, 11) is 0. The number of halogens is 1. The van der Waals surface area contributed by atoms with Gasteiger partial charge in [0.1, 0.15) is 5.84 Å². The summed E-state index contributed by atoms with van der Waals surface area (Å²) >= 11 is 7.53. The fourth-order valence-electron chi connectivity index (χ4n) is 1.86. The molecule has 2 rings (SSSR count). The maximum Gasteiger partial charge on any atom is 0.140 e. The van der Waals surface area contributed by atoms with Crippen LogP contribution in [-0.4, -0.2) is 17.6 Å². The van der Waals surface area contributed by atoms with Gasteiger partial charge in [-0.2, -0.15) is 0 Å². The molecule has 0 radical (unpaired) electrons. The summed E-state index contributed by atoms with van der Waals surface area (Å²) in [5.74, 6) is 0.232. The predicted octanol–water partition coefficient (Wildman–Crippen LogP) is 3.54. The van der Waals surface area contributed by atoms with E-state index in [0.29, 0.717) is 13.0 Å². The molecule has 0 aliphatic heterocycles. The molecule has 3 N–H and O–H groups in total. The Labute approximate surface area is 127 Å². The number of anilines is 1. The zero-order valence-electron chi connectivity index (χ0n) is 10.9. The lowest BCUT2D eigenvalue weighted by molar-refractivity contribution is 0.317. The standard InChI is InChI=1S/C14H16ClN3OS/c15-13-7-6-12(20-13)10-18(9-8-14(16)17-19)11-4-2-1-3-5-11/h1-7,19H,8-10H2,(H2,16,17). The van der Waals surface area contributed by atoms with Crippen LogP contribution in [0, 0.1) is 0 Å². The first kappa shape index (κ1) is 14.7. The van der Waals surface area contributed by atoms with Gasteiger partial charge in [-0.25, -0.2) is 0 Å². The number of hydrogen-bond acceptors (Lipinski definition) is 4. The van der Waals surface area contributed by atoms with Crippen LogP contribution in [0.4, 0.5) is 5.69 Å². The molecule has 1 heterocycles. The largest absolute Gasteiger partial charge is 0.409 e. The number of rotatable bonds is 6. The third-order valence-electron chi connectivity index (χ3n) is 2.86. The molecule has 0 amide bonds. The molecule has 2 aromatic rings. The molecule has 0 spiro atoms. The van der Waals surface area contributed by atoms with E-state index in [1.54, 1.807) is 11.3 Å². The number of nitrogens with two attached hydrogens (primary N) is 1. The van der Waals surface area contributed by atoms with Gasteiger partial charge in [-0.3, -0.25) is 0 Å². The lowest BCUT2D eigenvalue weighted by atomic mass is 10.2. The summed E-state index contributed by atoms with van der Waals surface area (Å²) in [4.78, 5) is 3.36. The molecule has 0 fully saturated rings. The van der Waals surface area contributed by atoms with Crippen LogP contribution in [0.3, 0.4) is 0 Å². The van der Waals surface area contributed by atoms with Gasteiger partial charge in [0.2, 0.25) is 0 Å². The second-order valence-corrected chi connectivity index (χ2v) is 6.10. The first-order chi connectivity index (χ1) is 9.69. The molecule has 0 aliphatic rings. The van der Waals surface area contributed by atoms with E-state index in [1.165, 1.54) is 4.88 Å². The van der Waals surface area contributed by atoms with E-state index in [2.05, 4.69) is 10.1 Å². The van der Waals surface area contributed by atoms with E-state index < -0.39 is 0 Å². The SMILES string of the molecule is N/C(CCN(Cc1ccc(Cl)s1)c1ccccc1)=N\O. The van der Waals surface area contributed by atoms with E-state index in [4.69, 9.17) is 22.5 Å². The Morgan fingerprint density at radius 2 is 2.00 bits per heavy atom. The summed E-state index contributed by atoms with van der Waals surface area (Å²) in [5, 5.41) is 11.7. The van der Waals surface area contributed by atoms with Gasteiger partial charge in [0, 0.05) is 23.5 Å². The number of para-hydroxylation sites is 1. The van der Waals surface area contributed by atoms with Crippen molar-refractivity contribution in [3.05, 3.63) is 51.7 Å². The van der Waals surface area contributed by atoms with Gasteiger partial charge in [-0.1, -0.05) is 35.0 Å². The molecule has 0 unspecified atom stereocenters. The topological polar surface area (TPSA) is 61.8 Å². The van der Waals surface area contributed by atoms with Crippen molar-refractivity contribution in [1.29, 1.82) is 0 Å². The van der Waals surface area contributed by atoms with E-state index in [1.807, 2.05) is 42.5 Å². The highest BCUT2D eigenvalue weighted by molar-refractivity contribution is 7.16. The van der Waals surface area contributed by atoms with Crippen LogP contribution in [0.25, 0.3) is 0 Å². The summed E-state index contributed by atoms with van der Waals surface area (Å²) in [6.45, 7) is 1.43. The van der Waals surface area contributed by atoms with Crippen LogP contribution in [0.1, 0.15) is 11.3 Å². The molecular formula is C14H16ClN3OS. The molecule has 6 heteroatoms. The lowest BCUT2D eigenvalue weighted by Gasteiger charge is -2.24. The number of benzene rings is 1. The monoisotopic (exact) mass is 309 g/mol. The first-order valence-corrected chi connectivity index (χ1v) is 7.39. The van der Waals surface area contributed by atoms with Crippen molar-refractivity contribution in [3.63, 3.8) is 0 Å². The lowest BCUT2D eigenvalue weighted by Crippen LogP contribution is -2.27. The quantitative estimate of drug-likeness (QED) is 0.371. The van der Waals surface area contributed by atoms with Crippen LogP contribution in [0.5, 0.6) is 0 Å². The fraction of sp³-hybridized carbons (Fsp3) is 0.214. The molecule has 1 aromatic heterocycles. The minimum absolute atomic E-state index is 0.232. The van der Waals surface area contributed by atoms with Gasteiger partial charge >= 0.3 is 0 Å². The minimum atomic E-state index is 0.232. The average molecular weight is 310 g/mol. The number of oxime groups is 1. The number of thiophene rings is 1. The summed E-state index contributed by atoms with van der Waals surface area (Å²) in [5.41, 5.74) is 6.65. The van der Waals surface area contributed by atoms with Crippen LogP contribution in [-0.2, 0) is 6.54 Å². The highest BCUT2D eigenvalue weighted by Crippen LogP contribution is 2.25. The van der Waals surface area contributed by atoms with E-state index in [-0.39, 0.29) is 5.84 Å². The normalized spacial score (nSPS) is 11.6. The third kappa shape index (κ3) is 4.15. The Kier molecular flexibility index (Phi) is 5.26. The molecule has 1 aromatic carbocycles. The van der Waals surface area contributed by atoms with Gasteiger partial charge in [-0.05, 0) is 24.3 Å². The maximum atomic E-state index is 8.64. The van der Waals surface area contributed by atoms with E-state index >= 15 is 0 Å². The molecular weight excluding hydrogens is 294 g/mol. The molecule has 0 saturated heterocycles. The smallest absolute Gasteiger partial charge is 0.140 e. The Hall–Kier alpha value is -1.72. The van der Waals surface area contributed by atoms with Crippen molar-refractivity contribution in [1.82, 2.24) is 0 Å². The molecule has 106 valence electrons. The maximum absolute atomic E-state index is 8.64. The number of amidine groups is 1. The van der Waals surface area contributed by atoms with Crippen molar-refractivity contribution in [2.45, 2.75) is 13.0 Å². The van der Waals surface area contributed by atoms with Crippen LogP contribution >= 0.6 is 22.9 Å². The minimum Gasteiger partial charge on any atom is -0.409 e. The average Bonchev–Trinajstić information content (AvgIpc) is 2.89. The van der Waals surface area contributed by atoms with Gasteiger partial charge in [0.05, 0.1) is 10.9 Å². The van der Waals surface area contributed by atoms with Crippen molar-refractivity contribution < 1.29 is 5.21 Å². The number of hydrogen-bond donors (Lipinski definition) is 2. The fourth-order valence-corrected chi connectivity index (χ4v) is 2.97. The van der Waals surface area contributed by atoms with Crippen molar-refractivity contribution in [2.24, 2.45) is 10.9 Å². The van der Waals surface area contributed by atoms with E-state index in [9.17, 15) is 0 Å². The Morgan fingerprint density at radius 1 is 1.25 bits per heavy atom. The van der Waals surface area contributed by atoms with Gasteiger partial charge in [0.15, 0.2) is 0 Å².